The summed E-state index contributed by atoms with van der Waals surface area (Å²) >= 11 is 0. The van der Waals surface area contributed by atoms with Crippen LogP contribution in [-0.4, -0.2) is 47.4 Å². The molecule has 4 rings (SSSR count). The summed E-state index contributed by atoms with van der Waals surface area (Å²) in [6.07, 6.45) is 0. The molecule has 0 radical (unpaired) electrons. The molecule has 33 heavy (non-hydrogen) atoms. The van der Waals surface area contributed by atoms with Crippen LogP contribution in [0.1, 0.15) is 29.7 Å². The highest BCUT2D eigenvalue weighted by Crippen LogP contribution is 2.46. The van der Waals surface area contributed by atoms with Crippen LogP contribution in [0.2, 0.25) is 0 Å². The van der Waals surface area contributed by atoms with Crippen LogP contribution in [0, 0.1) is 13.8 Å². The van der Waals surface area contributed by atoms with Gasteiger partial charge in [-0.05, 0) is 55.0 Å². The maximum Gasteiger partial charge on any atom is 0.255 e. The first kappa shape index (κ1) is 22.1. The van der Waals surface area contributed by atoms with Crippen LogP contribution < -0.4 is 24.8 Å². The molecule has 1 aliphatic heterocycles. The molecule has 0 fully saturated rings. The summed E-state index contributed by atoms with van der Waals surface area (Å²) < 4.78 is 18.2. The van der Waals surface area contributed by atoms with Crippen molar-refractivity contribution in [3.63, 3.8) is 0 Å². The van der Waals surface area contributed by atoms with Gasteiger partial charge in [0.05, 0.1) is 26.9 Å². The van der Waals surface area contributed by atoms with Crippen LogP contribution in [0.25, 0.3) is 0 Å². The van der Waals surface area contributed by atoms with Gasteiger partial charge in [-0.2, -0.15) is 4.68 Å². The fourth-order valence-electron chi connectivity index (χ4n) is 4.08. The molecule has 172 valence electrons. The number of aromatic nitrogens is 4. The number of anilines is 2. The molecule has 0 aliphatic carbocycles. The Morgan fingerprint density at radius 3 is 2.45 bits per heavy atom. The van der Waals surface area contributed by atoms with Crippen molar-refractivity contribution >= 4 is 17.5 Å². The van der Waals surface area contributed by atoms with Gasteiger partial charge >= 0.3 is 0 Å². The van der Waals surface area contributed by atoms with Gasteiger partial charge in [-0.3, -0.25) is 4.79 Å². The summed E-state index contributed by atoms with van der Waals surface area (Å²) in [5, 5.41) is 18.1. The second kappa shape index (κ2) is 8.81. The monoisotopic (exact) mass is 450 g/mol. The third-order valence-corrected chi connectivity index (χ3v) is 5.62. The van der Waals surface area contributed by atoms with E-state index in [1.807, 2.05) is 45.0 Å². The first-order valence-corrected chi connectivity index (χ1v) is 10.3. The lowest BCUT2D eigenvalue weighted by atomic mass is 9.93. The van der Waals surface area contributed by atoms with Crippen molar-refractivity contribution < 1.29 is 19.0 Å². The van der Waals surface area contributed by atoms with Crippen molar-refractivity contribution in [3.8, 4) is 17.2 Å². The van der Waals surface area contributed by atoms with Gasteiger partial charge < -0.3 is 24.8 Å². The van der Waals surface area contributed by atoms with Crippen molar-refractivity contribution in [1.29, 1.82) is 0 Å². The van der Waals surface area contributed by atoms with Crippen LogP contribution in [-0.2, 0) is 4.79 Å². The standard InChI is InChI=1S/C23H26N6O4/c1-12-7-9-16(13(2)11-12)25-22(30)18-14(3)24-23-26-27-28-29(23)19(18)15-8-10-17(31-4)21(33-6)20(15)32-5/h7-11,19H,1-6H3,(H,25,30)(H,24,26,28)/t19-/m1/s1. The van der Waals surface area contributed by atoms with E-state index in [9.17, 15) is 4.79 Å². The Morgan fingerprint density at radius 2 is 1.79 bits per heavy atom. The number of methoxy groups -OCH3 is 3. The van der Waals surface area contributed by atoms with E-state index in [1.54, 1.807) is 17.9 Å². The Hall–Kier alpha value is -4.08. The van der Waals surface area contributed by atoms with Gasteiger partial charge in [0.25, 0.3) is 5.91 Å². The van der Waals surface area contributed by atoms with Crippen LogP contribution in [0.4, 0.5) is 11.6 Å². The van der Waals surface area contributed by atoms with Crippen LogP contribution in [0.3, 0.4) is 0 Å². The Balaban J connectivity index is 1.86. The second-order valence-electron chi connectivity index (χ2n) is 7.71. The molecule has 2 aromatic carbocycles. The molecule has 3 aromatic rings. The van der Waals surface area contributed by atoms with E-state index in [-0.39, 0.29) is 5.91 Å². The Kier molecular flexibility index (Phi) is 5.91. The lowest BCUT2D eigenvalue weighted by molar-refractivity contribution is -0.113. The number of benzene rings is 2. The average molecular weight is 450 g/mol. The Labute approximate surface area is 191 Å². The van der Waals surface area contributed by atoms with Crippen molar-refractivity contribution in [2.75, 3.05) is 32.0 Å². The number of fused-ring (bicyclic) bond motifs is 1. The van der Waals surface area contributed by atoms with Crippen LogP contribution in [0.15, 0.2) is 41.6 Å². The van der Waals surface area contributed by atoms with E-state index in [1.165, 1.54) is 14.2 Å². The van der Waals surface area contributed by atoms with Gasteiger partial charge in [-0.1, -0.05) is 22.8 Å². The smallest absolute Gasteiger partial charge is 0.255 e. The molecule has 0 unspecified atom stereocenters. The fourth-order valence-corrected chi connectivity index (χ4v) is 4.08. The Bertz CT molecular complexity index is 1250. The number of rotatable bonds is 6. The van der Waals surface area contributed by atoms with Crippen molar-refractivity contribution in [3.05, 3.63) is 58.3 Å². The molecule has 0 spiro atoms. The van der Waals surface area contributed by atoms with E-state index in [2.05, 4.69) is 26.2 Å². The summed E-state index contributed by atoms with van der Waals surface area (Å²) in [5.41, 5.74) is 4.53. The maximum absolute atomic E-state index is 13.6. The van der Waals surface area contributed by atoms with Gasteiger partial charge in [0, 0.05) is 16.9 Å². The number of tetrazole rings is 1. The predicted molar refractivity (Wildman–Crippen MR) is 123 cm³/mol. The van der Waals surface area contributed by atoms with Gasteiger partial charge in [0.15, 0.2) is 11.5 Å². The van der Waals surface area contributed by atoms with E-state index >= 15 is 0 Å². The number of carbonyl (C=O) groups excluding carboxylic acids is 1. The summed E-state index contributed by atoms with van der Waals surface area (Å²) in [7, 11) is 4.62. The van der Waals surface area contributed by atoms with Crippen molar-refractivity contribution in [2.24, 2.45) is 0 Å². The van der Waals surface area contributed by atoms with E-state index < -0.39 is 6.04 Å². The largest absolute Gasteiger partial charge is 0.493 e. The summed E-state index contributed by atoms with van der Waals surface area (Å²) in [5.74, 6) is 1.48. The van der Waals surface area contributed by atoms with E-state index in [0.717, 1.165) is 16.8 Å². The Morgan fingerprint density at radius 1 is 1.03 bits per heavy atom. The number of hydrogen-bond acceptors (Lipinski definition) is 8. The third kappa shape index (κ3) is 3.84. The van der Waals surface area contributed by atoms with E-state index in [4.69, 9.17) is 14.2 Å². The molecular formula is C23H26N6O4. The number of nitrogens with one attached hydrogen (secondary N) is 2. The van der Waals surface area contributed by atoms with Crippen LogP contribution >= 0.6 is 0 Å². The van der Waals surface area contributed by atoms with Gasteiger partial charge in [-0.15, -0.1) is 0 Å². The molecule has 0 saturated heterocycles. The zero-order valence-corrected chi connectivity index (χ0v) is 19.4. The number of hydrogen-bond donors (Lipinski definition) is 2. The topological polar surface area (TPSA) is 112 Å². The quantitative estimate of drug-likeness (QED) is 0.589. The average Bonchev–Trinajstić information content (AvgIpc) is 3.26. The molecule has 1 aromatic heterocycles. The minimum Gasteiger partial charge on any atom is -0.493 e. The number of carbonyl (C=O) groups is 1. The molecule has 10 heteroatoms. The molecule has 1 atom stereocenters. The zero-order chi connectivity index (χ0) is 23.7. The molecule has 1 aliphatic rings. The molecule has 2 N–H and O–H groups in total. The summed E-state index contributed by atoms with van der Waals surface area (Å²) in [4.78, 5) is 13.6. The first-order chi connectivity index (χ1) is 15.9. The van der Waals surface area contributed by atoms with Gasteiger partial charge in [0.1, 0.15) is 6.04 Å². The lowest BCUT2D eigenvalue weighted by Crippen LogP contribution is -2.32. The number of amides is 1. The second-order valence-corrected chi connectivity index (χ2v) is 7.71. The molecule has 10 nitrogen and oxygen atoms in total. The molecule has 1 amide bonds. The highest BCUT2D eigenvalue weighted by Gasteiger charge is 2.37. The maximum atomic E-state index is 13.6. The molecule has 2 heterocycles. The zero-order valence-electron chi connectivity index (χ0n) is 19.4. The SMILES string of the molecule is COc1ccc([C@@H]2C(C(=O)Nc3ccc(C)cc3C)=C(C)Nc3nnnn32)c(OC)c1OC. The minimum atomic E-state index is -0.670. The van der Waals surface area contributed by atoms with Crippen molar-refractivity contribution in [2.45, 2.75) is 26.8 Å². The minimum absolute atomic E-state index is 0.282. The molecule has 0 saturated carbocycles. The number of ether oxygens (including phenoxy) is 3. The highest BCUT2D eigenvalue weighted by molar-refractivity contribution is 6.06. The normalized spacial score (nSPS) is 14.9. The first-order valence-electron chi connectivity index (χ1n) is 10.3. The molecule has 0 bridgehead atoms. The lowest BCUT2D eigenvalue weighted by Gasteiger charge is -2.29. The van der Waals surface area contributed by atoms with Gasteiger partial charge in [0.2, 0.25) is 11.7 Å². The van der Waals surface area contributed by atoms with E-state index in [0.29, 0.717) is 40.0 Å². The summed E-state index contributed by atoms with van der Waals surface area (Å²) in [6.45, 7) is 5.78. The number of aryl methyl sites for hydroxylation is 2. The summed E-state index contributed by atoms with van der Waals surface area (Å²) in [6, 6.07) is 8.78. The van der Waals surface area contributed by atoms with Gasteiger partial charge in [-0.25, -0.2) is 0 Å². The predicted octanol–water partition coefficient (Wildman–Crippen LogP) is 3.24. The van der Waals surface area contributed by atoms with Crippen molar-refractivity contribution in [1.82, 2.24) is 20.2 Å². The van der Waals surface area contributed by atoms with Crippen LogP contribution in [0.5, 0.6) is 17.2 Å². The number of allylic oxidation sites excluding steroid dienone is 1. The highest BCUT2D eigenvalue weighted by atomic mass is 16.5. The third-order valence-electron chi connectivity index (χ3n) is 5.62. The number of nitrogens with zero attached hydrogens (tertiary/aromatic N) is 4. The fraction of sp³-hybridized carbons (Fsp3) is 0.304. The molecular weight excluding hydrogens is 424 g/mol.